The first-order valence-corrected chi connectivity index (χ1v) is 6.99. The second kappa shape index (κ2) is 5.09. The molecule has 0 aliphatic carbocycles. The molecule has 1 aromatic carbocycles. The minimum absolute atomic E-state index is 0.189. The van der Waals surface area contributed by atoms with Crippen LogP contribution in [0.5, 0.6) is 0 Å². The molecule has 1 rings (SSSR count). The third-order valence-electron chi connectivity index (χ3n) is 2.11. The van der Waals surface area contributed by atoms with Gasteiger partial charge in [-0.2, -0.15) is 13.2 Å². The van der Waals surface area contributed by atoms with Gasteiger partial charge < -0.3 is 0 Å². The maximum absolute atomic E-state index is 12.3. The Morgan fingerprint density at radius 3 is 2.06 bits per heavy atom. The molecule has 1 aromatic rings. The van der Waals surface area contributed by atoms with E-state index in [0.29, 0.717) is 5.56 Å². The molecule has 3 nitrogen and oxygen atoms in total. The molecule has 0 radical (unpaired) electrons. The van der Waals surface area contributed by atoms with Crippen molar-refractivity contribution in [2.75, 3.05) is 12.0 Å². The smallest absolute Gasteiger partial charge is 0.298 e. The summed E-state index contributed by atoms with van der Waals surface area (Å²) in [6.45, 7) is 0. The summed E-state index contributed by atoms with van der Waals surface area (Å²) in [7, 11) is -3.40. The number of hydrogen-bond acceptors (Lipinski definition) is 3. The summed E-state index contributed by atoms with van der Waals surface area (Å²) >= 11 is 0. The zero-order chi connectivity index (χ0) is 14.0. The van der Waals surface area contributed by atoms with Gasteiger partial charge in [0.25, 0.3) is 0 Å². The van der Waals surface area contributed by atoms with E-state index in [1.807, 2.05) is 0 Å². The number of rotatable bonds is 4. The largest absolute Gasteiger partial charge is 0.416 e. The quantitative estimate of drug-likeness (QED) is 0.846. The van der Waals surface area contributed by atoms with Crippen molar-refractivity contribution in [1.82, 2.24) is 0 Å². The summed E-state index contributed by atoms with van der Waals surface area (Å²) < 4.78 is 58.5. The van der Waals surface area contributed by atoms with Crippen molar-refractivity contribution < 1.29 is 26.4 Å². The van der Waals surface area contributed by atoms with Crippen LogP contribution in [-0.2, 0) is 27.2 Å². The molecule has 0 heterocycles. The second-order valence-corrected chi connectivity index (χ2v) is 6.12. The van der Waals surface area contributed by atoms with Gasteiger partial charge in [0.1, 0.15) is 5.75 Å². The van der Waals surface area contributed by atoms with Crippen LogP contribution in [0.2, 0.25) is 0 Å². The van der Waals surface area contributed by atoms with Crippen LogP contribution in [0, 0.1) is 0 Å². The van der Waals surface area contributed by atoms with Gasteiger partial charge in [0.05, 0.1) is 5.56 Å². The highest BCUT2D eigenvalue weighted by atomic mass is 32.2. The summed E-state index contributed by atoms with van der Waals surface area (Å²) in [6.07, 6.45) is -3.68. The van der Waals surface area contributed by atoms with Crippen molar-refractivity contribution >= 4 is 15.6 Å². The van der Waals surface area contributed by atoms with E-state index in [2.05, 4.69) is 0 Å². The van der Waals surface area contributed by atoms with E-state index in [4.69, 9.17) is 0 Å². The minimum Gasteiger partial charge on any atom is -0.298 e. The Labute approximate surface area is 103 Å². The topological polar surface area (TPSA) is 51.2 Å². The van der Waals surface area contributed by atoms with Crippen molar-refractivity contribution in [2.24, 2.45) is 0 Å². The third kappa shape index (κ3) is 4.87. The average Bonchev–Trinajstić information content (AvgIpc) is 2.13. The number of alkyl halides is 3. The van der Waals surface area contributed by atoms with Gasteiger partial charge in [0, 0.05) is 12.7 Å². The van der Waals surface area contributed by atoms with Gasteiger partial charge in [0.2, 0.25) is 0 Å². The number of hydrogen-bond donors (Lipinski definition) is 0. The molecule has 100 valence electrons. The van der Waals surface area contributed by atoms with Gasteiger partial charge in [-0.05, 0) is 17.7 Å². The molecule has 0 N–H and O–H groups in total. The number of carbonyl (C=O) groups is 1. The Kier molecular flexibility index (Phi) is 4.16. The van der Waals surface area contributed by atoms with Crippen molar-refractivity contribution in [3.63, 3.8) is 0 Å². The lowest BCUT2D eigenvalue weighted by molar-refractivity contribution is -0.137. The molecule has 0 aliphatic heterocycles. The van der Waals surface area contributed by atoms with Crippen LogP contribution in [0.4, 0.5) is 13.2 Å². The van der Waals surface area contributed by atoms with E-state index in [1.165, 1.54) is 12.1 Å². The van der Waals surface area contributed by atoms with Crippen molar-refractivity contribution in [2.45, 2.75) is 12.6 Å². The van der Waals surface area contributed by atoms with E-state index >= 15 is 0 Å². The molecule has 0 saturated heterocycles. The molecule has 0 aromatic heterocycles. The highest BCUT2D eigenvalue weighted by Crippen LogP contribution is 2.29. The van der Waals surface area contributed by atoms with Gasteiger partial charge in [-0.15, -0.1) is 0 Å². The van der Waals surface area contributed by atoms with Gasteiger partial charge in [-0.3, -0.25) is 4.79 Å². The van der Waals surface area contributed by atoms with Gasteiger partial charge in [-0.25, -0.2) is 8.42 Å². The normalized spacial score (nSPS) is 12.4. The fourth-order valence-corrected chi connectivity index (χ4v) is 2.07. The Bertz CT molecular complexity index is 530. The number of carbonyl (C=O) groups excluding carboxylic acids is 1. The molecule has 0 atom stereocenters. The van der Waals surface area contributed by atoms with E-state index in [9.17, 15) is 26.4 Å². The monoisotopic (exact) mass is 280 g/mol. The molecule has 0 spiro atoms. The predicted octanol–water partition coefficient (Wildman–Crippen LogP) is 1.86. The first-order chi connectivity index (χ1) is 8.08. The maximum atomic E-state index is 12.3. The minimum atomic E-state index is -4.42. The Morgan fingerprint density at radius 1 is 1.17 bits per heavy atom. The van der Waals surface area contributed by atoms with Crippen LogP contribution in [-0.4, -0.2) is 26.2 Å². The Balaban J connectivity index is 2.73. The Morgan fingerprint density at radius 2 is 1.67 bits per heavy atom. The van der Waals surface area contributed by atoms with E-state index in [0.717, 1.165) is 18.4 Å². The van der Waals surface area contributed by atoms with Crippen LogP contribution >= 0.6 is 0 Å². The van der Waals surface area contributed by atoms with Crippen LogP contribution in [0.1, 0.15) is 11.1 Å². The fourth-order valence-electron chi connectivity index (χ4n) is 1.38. The summed E-state index contributed by atoms with van der Waals surface area (Å²) in [6, 6.07) is 4.07. The summed E-state index contributed by atoms with van der Waals surface area (Å²) in [4.78, 5) is 11.3. The summed E-state index contributed by atoms with van der Waals surface area (Å²) in [5.74, 6) is -1.15. The molecule has 0 fully saturated rings. The first kappa shape index (κ1) is 14.7. The molecule has 0 bridgehead atoms. The van der Waals surface area contributed by atoms with Crippen LogP contribution in [0.15, 0.2) is 24.3 Å². The molecule has 0 amide bonds. The number of halogens is 3. The lowest BCUT2D eigenvalue weighted by Crippen LogP contribution is -2.16. The van der Waals surface area contributed by atoms with E-state index in [-0.39, 0.29) is 6.42 Å². The summed E-state index contributed by atoms with van der Waals surface area (Å²) in [5.41, 5.74) is -0.446. The van der Waals surface area contributed by atoms with Crippen molar-refractivity contribution in [3.05, 3.63) is 35.4 Å². The summed E-state index contributed by atoms with van der Waals surface area (Å²) in [5, 5.41) is 0. The zero-order valence-corrected chi connectivity index (χ0v) is 10.3. The van der Waals surface area contributed by atoms with Gasteiger partial charge in [0.15, 0.2) is 15.6 Å². The second-order valence-electron chi connectivity index (χ2n) is 3.98. The highest BCUT2D eigenvalue weighted by Gasteiger charge is 2.29. The molecule has 0 saturated carbocycles. The maximum Gasteiger partial charge on any atom is 0.416 e. The molecule has 7 heteroatoms. The zero-order valence-electron chi connectivity index (χ0n) is 9.49. The predicted molar refractivity (Wildman–Crippen MR) is 59.9 cm³/mol. The molecule has 0 aliphatic rings. The standard InChI is InChI=1S/C11H11F3O3S/c1-18(16,17)7-10(15)6-8-2-4-9(5-3-8)11(12,13)14/h2-5H,6-7H2,1H3. The van der Waals surface area contributed by atoms with Gasteiger partial charge in [-0.1, -0.05) is 12.1 Å². The number of sulfone groups is 1. The fraction of sp³-hybridized carbons (Fsp3) is 0.364. The molecule has 18 heavy (non-hydrogen) atoms. The van der Waals surface area contributed by atoms with Crippen LogP contribution < -0.4 is 0 Å². The van der Waals surface area contributed by atoms with E-state index in [1.54, 1.807) is 0 Å². The number of Topliss-reactive ketones (excluding diaryl/α,β-unsaturated/α-hetero) is 1. The highest BCUT2D eigenvalue weighted by molar-refractivity contribution is 7.91. The lowest BCUT2D eigenvalue weighted by atomic mass is 10.1. The van der Waals surface area contributed by atoms with Gasteiger partial charge >= 0.3 is 6.18 Å². The van der Waals surface area contributed by atoms with Crippen molar-refractivity contribution in [3.8, 4) is 0 Å². The van der Waals surface area contributed by atoms with E-state index < -0.39 is 33.1 Å². The Hall–Kier alpha value is -1.37. The van der Waals surface area contributed by atoms with Crippen LogP contribution in [0.25, 0.3) is 0 Å². The average molecular weight is 280 g/mol. The molecular weight excluding hydrogens is 269 g/mol. The molecular formula is C11H11F3O3S. The SMILES string of the molecule is CS(=O)(=O)CC(=O)Cc1ccc(C(F)(F)F)cc1. The van der Waals surface area contributed by atoms with Crippen LogP contribution in [0.3, 0.4) is 0 Å². The molecule has 0 unspecified atom stereocenters. The lowest BCUT2D eigenvalue weighted by Gasteiger charge is -2.07. The van der Waals surface area contributed by atoms with Crippen molar-refractivity contribution in [1.29, 1.82) is 0 Å². The number of benzene rings is 1. The third-order valence-corrected chi connectivity index (χ3v) is 2.95. The first-order valence-electron chi connectivity index (χ1n) is 4.93. The number of ketones is 1.